The summed E-state index contributed by atoms with van der Waals surface area (Å²) in [6.45, 7) is 1.12. The highest BCUT2D eigenvalue weighted by Gasteiger charge is 2.22. The van der Waals surface area contributed by atoms with Crippen molar-refractivity contribution in [2.45, 2.75) is 25.7 Å². The summed E-state index contributed by atoms with van der Waals surface area (Å²) in [6.07, 6.45) is 2.95. The molecule has 2 aromatic carbocycles. The summed E-state index contributed by atoms with van der Waals surface area (Å²) in [5.74, 6) is 0.685. The zero-order valence-corrected chi connectivity index (χ0v) is 17.9. The van der Waals surface area contributed by atoms with Crippen LogP contribution in [0.2, 0.25) is 0 Å². The van der Waals surface area contributed by atoms with Crippen molar-refractivity contribution >= 4 is 28.6 Å². The lowest BCUT2D eigenvalue weighted by Gasteiger charge is -2.28. The van der Waals surface area contributed by atoms with Crippen LogP contribution in [0.4, 0.5) is 10.5 Å². The van der Waals surface area contributed by atoms with Gasteiger partial charge in [0.1, 0.15) is 0 Å². The van der Waals surface area contributed by atoms with Crippen LogP contribution in [0.1, 0.15) is 36.0 Å². The number of para-hydroxylation sites is 1. The highest BCUT2D eigenvalue weighted by molar-refractivity contribution is 6.07. The second kappa shape index (κ2) is 9.68. The van der Waals surface area contributed by atoms with Gasteiger partial charge in [-0.3, -0.25) is 4.79 Å². The number of fused-ring (bicyclic) bond motifs is 1. The molecule has 1 heterocycles. The molecule has 0 bridgehead atoms. The van der Waals surface area contributed by atoms with Gasteiger partial charge in [0.25, 0.3) is 5.91 Å². The first-order chi connectivity index (χ1) is 15.5. The number of nitrogens with zero attached hydrogens (tertiary/aromatic N) is 1. The maximum Gasteiger partial charge on any atom is 0.404 e. The number of hydrogen-bond donors (Lipinski definition) is 4. The summed E-state index contributed by atoms with van der Waals surface area (Å²) in [7, 11) is 0. The molecule has 1 fully saturated rings. The Morgan fingerprint density at radius 3 is 2.22 bits per heavy atom. The first-order valence-electron chi connectivity index (χ1n) is 11.0. The number of anilines is 1. The van der Waals surface area contributed by atoms with E-state index in [0.29, 0.717) is 36.2 Å². The summed E-state index contributed by atoms with van der Waals surface area (Å²) in [4.78, 5) is 28.6. The van der Waals surface area contributed by atoms with Crippen molar-refractivity contribution in [1.29, 1.82) is 0 Å². The van der Waals surface area contributed by atoms with Crippen LogP contribution < -0.4 is 16.4 Å². The molecule has 1 aliphatic carbocycles. The number of nitrogens with one attached hydrogen (secondary N) is 2. The fourth-order valence-electron chi connectivity index (χ4n) is 4.37. The van der Waals surface area contributed by atoms with E-state index in [1.807, 2.05) is 54.6 Å². The number of hydrogen-bond acceptors (Lipinski definition) is 4. The molecule has 0 aliphatic heterocycles. The number of carbonyl (C=O) groups is 2. The molecular formula is C25H28N4O3. The van der Waals surface area contributed by atoms with Crippen molar-refractivity contribution in [3.63, 3.8) is 0 Å². The minimum atomic E-state index is -0.970. The summed E-state index contributed by atoms with van der Waals surface area (Å²) in [5, 5.41) is 15.2. The fourth-order valence-corrected chi connectivity index (χ4v) is 4.37. The number of pyridine rings is 1. The molecule has 1 aliphatic rings. The van der Waals surface area contributed by atoms with E-state index in [1.54, 1.807) is 0 Å². The molecule has 0 atom stereocenters. The van der Waals surface area contributed by atoms with Gasteiger partial charge in [-0.15, -0.1) is 0 Å². The number of benzene rings is 2. The summed E-state index contributed by atoms with van der Waals surface area (Å²) in [5.41, 5.74) is 9.52. The van der Waals surface area contributed by atoms with Crippen molar-refractivity contribution in [3.05, 3.63) is 60.2 Å². The van der Waals surface area contributed by atoms with E-state index in [0.717, 1.165) is 47.8 Å². The van der Waals surface area contributed by atoms with Gasteiger partial charge in [0.2, 0.25) is 0 Å². The molecule has 32 heavy (non-hydrogen) atoms. The predicted octanol–water partition coefficient (Wildman–Crippen LogP) is 4.29. The second-order valence-electron chi connectivity index (χ2n) is 8.48. The van der Waals surface area contributed by atoms with Crippen molar-refractivity contribution in [3.8, 4) is 11.3 Å². The molecule has 4 rings (SSSR count). The van der Waals surface area contributed by atoms with E-state index >= 15 is 0 Å². The van der Waals surface area contributed by atoms with E-state index < -0.39 is 6.09 Å². The lowest BCUT2D eigenvalue weighted by Crippen LogP contribution is -2.34. The van der Waals surface area contributed by atoms with Crippen molar-refractivity contribution in [2.75, 3.05) is 18.8 Å². The van der Waals surface area contributed by atoms with E-state index in [9.17, 15) is 9.59 Å². The molecular weight excluding hydrogens is 404 g/mol. The van der Waals surface area contributed by atoms with Crippen LogP contribution in [0.3, 0.4) is 0 Å². The quantitative estimate of drug-likeness (QED) is 0.434. The number of amides is 2. The number of nitrogens with two attached hydrogens (primary N) is 1. The molecule has 0 radical (unpaired) electrons. The van der Waals surface area contributed by atoms with Gasteiger partial charge < -0.3 is 21.5 Å². The molecule has 0 spiro atoms. The first kappa shape index (κ1) is 21.6. The molecule has 0 saturated heterocycles. The topological polar surface area (TPSA) is 117 Å². The third-order valence-electron chi connectivity index (χ3n) is 6.23. The third-order valence-corrected chi connectivity index (χ3v) is 6.23. The minimum absolute atomic E-state index is 0.102. The Bertz CT molecular complexity index is 1110. The maximum atomic E-state index is 13.1. The lowest BCUT2D eigenvalue weighted by molar-refractivity contribution is 0.0942. The number of carbonyl (C=O) groups excluding carboxylic acids is 1. The molecule has 166 valence electrons. The molecule has 3 aromatic rings. The zero-order chi connectivity index (χ0) is 22.5. The van der Waals surface area contributed by atoms with Crippen LogP contribution in [0, 0.1) is 11.8 Å². The van der Waals surface area contributed by atoms with Crippen molar-refractivity contribution < 1.29 is 14.7 Å². The average Bonchev–Trinajstić information content (AvgIpc) is 2.81. The van der Waals surface area contributed by atoms with Gasteiger partial charge in [0.15, 0.2) is 0 Å². The van der Waals surface area contributed by atoms with Crippen molar-refractivity contribution in [1.82, 2.24) is 15.6 Å². The van der Waals surface area contributed by atoms with E-state index in [-0.39, 0.29) is 5.91 Å². The van der Waals surface area contributed by atoms with Gasteiger partial charge >= 0.3 is 6.09 Å². The average molecular weight is 433 g/mol. The Balaban J connectivity index is 1.45. The molecule has 5 N–H and O–H groups in total. The van der Waals surface area contributed by atoms with Gasteiger partial charge in [0, 0.05) is 29.7 Å². The normalized spacial score (nSPS) is 18.2. The molecule has 1 aromatic heterocycles. The number of carboxylic acid groups (broad SMARTS) is 1. The Morgan fingerprint density at radius 2 is 1.56 bits per heavy atom. The second-order valence-corrected chi connectivity index (χ2v) is 8.48. The monoisotopic (exact) mass is 432 g/mol. The molecule has 0 unspecified atom stereocenters. The molecule has 2 amide bonds. The standard InChI is InChI=1S/C25H28N4O3/c26-19-11-9-18(10-12-19)23-13-21(20-3-1-2-4-22(20)29-23)24(30)27-14-16-5-7-17(8-6-16)15-28-25(31)32/h1-4,9-13,16-17,28H,5-8,14-15,26H2,(H,27,30)(H,31,32). The minimum Gasteiger partial charge on any atom is -0.465 e. The van der Waals surface area contributed by atoms with Gasteiger partial charge in [0.05, 0.1) is 16.8 Å². The summed E-state index contributed by atoms with van der Waals surface area (Å²) >= 11 is 0. The van der Waals surface area contributed by atoms with Crippen LogP contribution in [0.25, 0.3) is 22.2 Å². The van der Waals surface area contributed by atoms with Gasteiger partial charge in [-0.1, -0.05) is 30.3 Å². The fraction of sp³-hybridized carbons (Fsp3) is 0.320. The predicted molar refractivity (Wildman–Crippen MR) is 125 cm³/mol. The number of rotatable bonds is 6. The van der Waals surface area contributed by atoms with Crippen LogP contribution >= 0.6 is 0 Å². The third kappa shape index (κ3) is 5.17. The highest BCUT2D eigenvalue weighted by atomic mass is 16.4. The van der Waals surface area contributed by atoms with E-state index in [4.69, 9.17) is 15.8 Å². The number of aromatic nitrogens is 1. The Labute approximate surface area is 187 Å². The highest BCUT2D eigenvalue weighted by Crippen LogP contribution is 2.29. The Kier molecular flexibility index (Phi) is 6.54. The Hall–Kier alpha value is -3.61. The Morgan fingerprint density at radius 1 is 0.938 bits per heavy atom. The lowest BCUT2D eigenvalue weighted by atomic mass is 9.82. The van der Waals surface area contributed by atoms with Crippen LogP contribution in [-0.2, 0) is 0 Å². The van der Waals surface area contributed by atoms with Crippen molar-refractivity contribution in [2.24, 2.45) is 11.8 Å². The van der Waals surface area contributed by atoms with E-state index in [2.05, 4.69) is 10.6 Å². The SMILES string of the molecule is Nc1ccc(-c2cc(C(=O)NCC3CCC(CNC(=O)O)CC3)c3ccccc3n2)cc1. The van der Waals surface area contributed by atoms with Gasteiger partial charge in [-0.2, -0.15) is 0 Å². The maximum absolute atomic E-state index is 13.1. The van der Waals surface area contributed by atoms with Crippen LogP contribution in [-0.4, -0.2) is 35.2 Å². The number of nitrogen functional groups attached to an aromatic ring is 1. The van der Waals surface area contributed by atoms with Gasteiger partial charge in [-0.25, -0.2) is 9.78 Å². The molecule has 1 saturated carbocycles. The van der Waals surface area contributed by atoms with Crippen LogP contribution in [0.15, 0.2) is 54.6 Å². The smallest absolute Gasteiger partial charge is 0.404 e. The molecule has 7 nitrogen and oxygen atoms in total. The largest absolute Gasteiger partial charge is 0.465 e. The first-order valence-corrected chi connectivity index (χ1v) is 11.0. The summed E-state index contributed by atoms with van der Waals surface area (Å²) < 4.78 is 0. The summed E-state index contributed by atoms with van der Waals surface area (Å²) in [6, 6.07) is 17.0. The van der Waals surface area contributed by atoms with E-state index in [1.165, 1.54) is 0 Å². The van der Waals surface area contributed by atoms with Gasteiger partial charge in [-0.05, 0) is 61.8 Å². The molecule has 7 heteroatoms. The zero-order valence-electron chi connectivity index (χ0n) is 17.9. The van der Waals surface area contributed by atoms with Crippen LogP contribution in [0.5, 0.6) is 0 Å².